The second kappa shape index (κ2) is 20.0. The molecule has 7 rings (SSSR count). The predicted molar refractivity (Wildman–Crippen MR) is 193 cm³/mol. The summed E-state index contributed by atoms with van der Waals surface area (Å²) in [6.07, 6.45) is 15.7. The van der Waals surface area contributed by atoms with Gasteiger partial charge < -0.3 is 24.2 Å². The lowest BCUT2D eigenvalue weighted by atomic mass is 9.62. The first-order valence-corrected chi connectivity index (χ1v) is 17.5. The zero-order chi connectivity index (χ0) is 35.0. The van der Waals surface area contributed by atoms with Gasteiger partial charge in [-0.25, -0.2) is 29.9 Å². The number of hydrogen-bond acceptors (Lipinski definition) is 11. The Morgan fingerprint density at radius 1 is 0.596 bits per heavy atom. The first-order chi connectivity index (χ1) is 22.8. The molecule has 3 aliphatic heterocycles. The van der Waals surface area contributed by atoms with E-state index in [-0.39, 0.29) is 0 Å². The third-order valence-electron chi connectivity index (χ3n) is 8.33. The molecule has 3 aromatic heterocycles. The highest BCUT2D eigenvalue weighted by Gasteiger charge is 2.53. The lowest BCUT2D eigenvalue weighted by Gasteiger charge is -2.58. The number of ether oxygens (including phenoxy) is 2. The van der Waals surface area contributed by atoms with Crippen molar-refractivity contribution in [3.63, 3.8) is 0 Å². The normalized spacial score (nSPS) is 18.6. The van der Waals surface area contributed by atoms with Crippen molar-refractivity contribution in [3.05, 3.63) is 53.9 Å². The molecule has 4 aliphatic rings. The van der Waals surface area contributed by atoms with Gasteiger partial charge in [-0.2, -0.15) is 0 Å². The molecule has 47 heavy (non-hydrogen) atoms. The van der Waals surface area contributed by atoms with Crippen LogP contribution in [0.5, 0.6) is 0 Å². The topological polar surface area (TPSA) is 106 Å². The van der Waals surface area contributed by atoms with Crippen LogP contribution in [-0.4, -0.2) is 95.1 Å². The highest BCUT2D eigenvalue weighted by Crippen LogP contribution is 2.50. The number of aromatic nitrogens is 6. The molecule has 0 bridgehead atoms. The Kier molecular flexibility index (Phi) is 16.9. The molecule has 1 unspecified atom stereocenters. The average Bonchev–Trinajstić information content (AvgIpc) is 3.05. The number of anilines is 3. The summed E-state index contributed by atoms with van der Waals surface area (Å²) in [5.41, 5.74) is 3.83. The van der Waals surface area contributed by atoms with Crippen molar-refractivity contribution in [1.82, 2.24) is 29.9 Å². The van der Waals surface area contributed by atoms with E-state index in [4.69, 9.17) is 9.47 Å². The van der Waals surface area contributed by atoms with Crippen LogP contribution in [-0.2, 0) is 9.47 Å². The molecule has 6 heterocycles. The lowest BCUT2D eigenvalue weighted by Crippen LogP contribution is -2.64. The fourth-order valence-electron chi connectivity index (χ4n) is 5.43. The van der Waals surface area contributed by atoms with E-state index in [0.717, 1.165) is 67.3 Å². The molecule has 3 saturated heterocycles. The van der Waals surface area contributed by atoms with E-state index in [9.17, 15) is 0 Å². The Hall–Kier alpha value is -3.44. The van der Waals surface area contributed by atoms with Crippen LogP contribution in [0.15, 0.2) is 37.2 Å². The Bertz CT molecular complexity index is 1240. The van der Waals surface area contributed by atoms with Crippen LogP contribution in [0.1, 0.15) is 84.4 Å². The molecule has 11 heteroatoms. The zero-order valence-corrected chi connectivity index (χ0v) is 31.2. The minimum atomic E-state index is 0.352. The van der Waals surface area contributed by atoms with Crippen molar-refractivity contribution >= 4 is 17.8 Å². The zero-order valence-electron chi connectivity index (χ0n) is 31.2. The number of aryl methyl sites for hydroxylation is 3. The van der Waals surface area contributed by atoms with Crippen LogP contribution in [0.25, 0.3) is 0 Å². The Morgan fingerprint density at radius 3 is 1.32 bits per heavy atom. The molecule has 0 amide bonds. The number of hydrogen-bond donors (Lipinski definition) is 0. The van der Waals surface area contributed by atoms with E-state index in [1.807, 2.05) is 99.5 Å². The molecule has 1 saturated carbocycles. The smallest absolute Gasteiger partial charge is 0.225 e. The third kappa shape index (κ3) is 11.1. The summed E-state index contributed by atoms with van der Waals surface area (Å²) in [4.78, 5) is 32.3. The van der Waals surface area contributed by atoms with Gasteiger partial charge in [0.05, 0.1) is 12.2 Å². The third-order valence-corrected chi connectivity index (χ3v) is 8.33. The van der Waals surface area contributed by atoms with Crippen LogP contribution in [0.3, 0.4) is 0 Å². The van der Waals surface area contributed by atoms with Crippen LogP contribution >= 0.6 is 0 Å². The average molecular weight is 652 g/mol. The Labute approximate surface area is 284 Å². The van der Waals surface area contributed by atoms with E-state index in [1.165, 1.54) is 19.3 Å². The van der Waals surface area contributed by atoms with Crippen LogP contribution in [0.4, 0.5) is 17.8 Å². The maximum Gasteiger partial charge on any atom is 0.225 e. The number of rotatable bonds is 5. The van der Waals surface area contributed by atoms with E-state index in [1.54, 1.807) is 14.2 Å². The van der Waals surface area contributed by atoms with Crippen molar-refractivity contribution in [2.45, 2.75) is 107 Å². The lowest BCUT2D eigenvalue weighted by molar-refractivity contribution is -0.0735. The predicted octanol–water partition coefficient (Wildman–Crippen LogP) is 6.48. The molecule has 3 aromatic rings. The fourth-order valence-corrected chi connectivity index (χ4v) is 5.43. The molecule has 4 fully saturated rings. The molecule has 0 aromatic carbocycles. The van der Waals surface area contributed by atoms with Crippen molar-refractivity contribution in [2.24, 2.45) is 5.41 Å². The maximum atomic E-state index is 5.32. The van der Waals surface area contributed by atoms with Gasteiger partial charge >= 0.3 is 0 Å². The summed E-state index contributed by atoms with van der Waals surface area (Å²) in [5, 5.41) is 0. The molecule has 1 aliphatic carbocycles. The van der Waals surface area contributed by atoms with Gasteiger partial charge in [0.2, 0.25) is 17.8 Å². The minimum absolute atomic E-state index is 0.352. The summed E-state index contributed by atoms with van der Waals surface area (Å²) in [6.45, 7) is 25.3. The Balaban J connectivity index is 0.000000229. The highest BCUT2D eigenvalue weighted by molar-refractivity contribution is 5.38. The molecule has 11 nitrogen and oxygen atoms in total. The van der Waals surface area contributed by atoms with Crippen LogP contribution in [0.2, 0.25) is 0 Å². The quantitative estimate of drug-likeness (QED) is 0.303. The van der Waals surface area contributed by atoms with Gasteiger partial charge in [-0.1, -0.05) is 41.5 Å². The van der Waals surface area contributed by atoms with Gasteiger partial charge in [0.15, 0.2) is 0 Å². The molecule has 1 spiro atoms. The number of methoxy groups -OCH3 is 2. The second-order valence-corrected chi connectivity index (χ2v) is 11.9. The maximum absolute atomic E-state index is 5.32. The summed E-state index contributed by atoms with van der Waals surface area (Å²) >= 11 is 0. The first kappa shape index (κ1) is 39.7. The van der Waals surface area contributed by atoms with Gasteiger partial charge in [0.1, 0.15) is 0 Å². The standard InChI is InChI=1S/C12H17N3O.C9H13N3O.C9H13N3.3C2H6/c1-9-5-13-11(14-6-9)15-7-12(8-15)3-10(4-12)16-2;1-7-3-10-9(11-4-7)12-5-8(6-12)13-2;1-7-5-10-9(11-6-7)12-4-3-8(12)2;3*1-2/h5-6,10H,3-4,7-8H2,1-2H3;3-4,8H,5-6H2,1-2H3;5-6,8H,3-4H2,1-2H3;3*1-2H3. The van der Waals surface area contributed by atoms with Crippen LogP contribution < -0.4 is 14.7 Å². The van der Waals surface area contributed by atoms with E-state index >= 15 is 0 Å². The molecular formula is C36H61N9O2. The Morgan fingerprint density at radius 2 is 0.979 bits per heavy atom. The summed E-state index contributed by atoms with van der Waals surface area (Å²) in [7, 11) is 3.54. The van der Waals surface area contributed by atoms with Gasteiger partial charge in [-0.15, -0.1) is 0 Å². The molecule has 0 N–H and O–H groups in total. The number of nitrogens with zero attached hydrogens (tertiary/aromatic N) is 9. The summed E-state index contributed by atoms with van der Waals surface area (Å²) in [6, 6.07) is 0.618. The first-order valence-electron chi connectivity index (χ1n) is 17.5. The second-order valence-electron chi connectivity index (χ2n) is 11.9. The molecule has 0 radical (unpaired) electrons. The monoisotopic (exact) mass is 651 g/mol. The largest absolute Gasteiger partial charge is 0.381 e. The summed E-state index contributed by atoms with van der Waals surface area (Å²) in [5.74, 6) is 2.55. The van der Waals surface area contributed by atoms with Crippen molar-refractivity contribution in [2.75, 3.05) is 61.6 Å². The van der Waals surface area contributed by atoms with Gasteiger partial charge in [-0.05, 0) is 63.6 Å². The van der Waals surface area contributed by atoms with E-state index in [0.29, 0.717) is 23.7 Å². The van der Waals surface area contributed by atoms with E-state index in [2.05, 4.69) is 51.5 Å². The summed E-state index contributed by atoms with van der Waals surface area (Å²) < 4.78 is 10.5. The highest BCUT2D eigenvalue weighted by atomic mass is 16.5. The minimum Gasteiger partial charge on any atom is -0.381 e. The van der Waals surface area contributed by atoms with Gasteiger partial charge in [-0.3, -0.25) is 0 Å². The molecule has 1 atom stereocenters. The fraction of sp³-hybridized carbons (Fsp3) is 0.667. The van der Waals surface area contributed by atoms with Crippen molar-refractivity contribution < 1.29 is 9.47 Å². The molecular weight excluding hydrogens is 590 g/mol. The van der Waals surface area contributed by atoms with Crippen molar-refractivity contribution in [3.8, 4) is 0 Å². The molecule has 262 valence electrons. The van der Waals surface area contributed by atoms with Crippen molar-refractivity contribution in [1.29, 1.82) is 0 Å². The van der Waals surface area contributed by atoms with E-state index < -0.39 is 0 Å². The van der Waals surface area contributed by atoms with Gasteiger partial charge in [0, 0.05) is 95.6 Å². The SMILES string of the molecule is CC.CC.CC.COC1CC2(C1)CN(c1ncc(C)cn1)C2.COC1CN(c2ncc(C)cn2)C1.Cc1cnc(N2CCC2C)nc1. The van der Waals surface area contributed by atoms with Gasteiger partial charge in [0.25, 0.3) is 0 Å². The van der Waals surface area contributed by atoms with Crippen LogP contribution in [0, 0.1) is 26.2 Å².